The van der Waals surface area contributed by atoms with E-state index in [1.54, 1.807) is 12.4 Å². The number of nitrogens with zero attached hydrogens (tertiary/aromatic N) is 4. The predicted octanol–water partition coefficient (Wildman–Crippen LogP) is 4.10. The second-order valence-corrected chi connectivity index (χ2v) is 5.44. The van der Waals surface area contributed by atoms with Gasteiger partial charge in [0.25, 0.3) is 0 Å². The van der Waals surface area contributed by atoms with Crippen molar-refractivity contribution < 1.29 is 13.2 Å². The number of imidazole rings is 2. The van der Waals surface area contributed by atoms with Gasteiger partial charge in [-0.3, -0.25) is 0 Å². The second-order valence-electron chi connectivity index (χ2n) is 5.04. The van der Waals surface area contributed by atoms with Crippen LogP contribution in [0, 0.1) is 6.92 Å². The summed E-state index contributed by atoms with van der Waals surface area (Å²) in [7, 11) is 0. The summed E-state index contributed by atoms with van der Waals surface area (Å²) in [6, 6.07) is 3.77. The van der Waals surface area contributed by atoms with E-state index in [1.807, 2.05) is 17.7 Å². The zero-order chi connectivity index (χ0) is 16.6. The van der Waals surface area contributed by atoms with Crippen molar-refractivity contribution in [1.82, 2.24) is 19.1 Å². The number of aromatic nitrogens is 4. The molecular weight excluding hydrogens is 329 g/mol. The Labute approximate surface area is 135 Å². The monoisotopic (exact) mass is 340 g/mol. The van der Waals surface area contributed by atoms with E-state index in [4.69, 9.17) is 11.6 Å². The summed E-state index contributed by atoms with van der Waals surface area (Å²) in [4.78, 5) is 8.34. The van der Waals surface area contributed by atoms with Gasteiger partial charge in [-0.05, 0) is 25.1 Å². The minimum atomic E-state index is -4.50. The Hall–Kier alpha value is -2.28. The molecule has 2 aromatic heterocycles. The van der Waals surface area contributed by atoms with E-state index in [1.165, 1.54) is 23.0 Å². The van der Waals surface area contributed by atoms with E-state index in [-0.39, 0.29) is 5.02 Å². The first-order chi connectivity index (χ1) is 10.8. The fourth-order valence-electron chi connectivity index (χ4n) is 2.22. The van der Waals surface area contributed by atoms with Crippen LogP contribution >= 0.6 is 11.6 Å². The smallest absolute Gasteiger partial charge is 0.329 e. The van der Waals surface area contributed by atoms with Gasteiger partial charge in [-0.15, -0.1) is 0 Å². The molecule has 3 aromatic rings. The van der Waals surface area contributed by atoms with E-state index < -0.39 is 11.7 Å². The first-order valence-electron chi connectivity index (χ1n) is 6.72. The first kappa shape index (κ1) is 15.6. The maximum absolute atomic E-state index is 12.9. The van der Waals surface area contributed by atoms with Crippen molar-refractivity contribution in [3.63, 3.8) is 0 Å². The molecule has 0 bridgehead atoms. The van der Waals surface area contributed by atoms with Crippen LogP contribution < -0.4 is 0 Å². The molecule has 0 saturated heterocycles. The van der Waals surface area contributed by atoms with Crippen molar-refractivity contribution in [3.05, 3.63) is 65.2 Å². The SMILES string of the molecule is Cc1nccn1Cc1cn(-c2ccc(Cl)c(C(F)(F)F)c2)cn1. The summed E-state index contributed by atoms with van der Waals surface area (Å²) in [6.07, 6.45) is 2.16. The van der Waals surface area contributed by atoms with Crippen molar-refractivity contribution in [3.8, 4) is 5.69 Å². The van der Waals surface area contributed by atoms with Gasteiger partial charge >= 0.3 is 6.18 Å². The van der Waals surface area contributed by atoms with Crippen molar-refractivity contribution in [2.75, 3.05) is 0 Å². The quantitative estimate of drug-likeness (QED) is 0.719. The molecule has 0 aliphatic rings. The van der Waals surface area contributed by atoms with E-state index in [0.717, 1.165) is 17.6 Å². The number of hydrogen-bond donors (Lipinski definition) is 0. The molecule has 0 spiro atoms. The molecule has 0 atom stereocenters. The third-order valence-electron chi connectivity index (χ3n) is 3.45. The lowest BCUT2D eigenvalue weighted by Crippen LogP contribution is -2.07. The largest absolute Gasteiger partial charge is 0.417 e. The molecule has 120 valence electrons. The fraction of sp³-hybridized carbons (Fsp3) is 0.200. The summed E-state index contributed by atoms with van der Waals surface area (Å²) in [5.41, 5.74) is 0.204. The highest BCUT2D eigenvalue weighted by molar-refractivity contribution is 6.31. The second kappa shape index (κ2) is 5.73. The van der Waals surface area contributed by atoms with Crippen LogP contribution in [0.15, 0.2) is 43.1 Å². The van der Waals surface area contributed by atoms with Gasteiger partial charge < -0.3 is 9.13 Å². The summed E-state index contributed by atoms with van der Waals surface area (Å²) in [6.45, 7) is 2.37. The van der Waals surface area contributed by atoms with Crippen molar-refractivity contribution in [1.29, 1.82) is 0 Å². The van der Waals surface area contributed by atoms with E-state index in [2.05, 4.69) is 9.97 Å². The zero-order valence-corrected chi connectivity index (χ0v) is 12.8. The Morgan fingerprint density at radius 2 is 2.00 bits per heavy atom. The highest BCUT2D eigenvalue weighted by atomic mass is 35.5. The molecule has 0 saturated carbocycles. The summed E-state index contributed by atoms with van der Waals surface area (Å²) >= 11 is 5.63. The molecule has 8 heteroatoms. The van der Waals surface area contributed by atoms with Gasteiger partial charge in [0.05, 0.1) is 29.2 Å². The van der Waals surface area contributed by atoms with Gasteiger partial charge in [-0.2, -0.15) is 13.2 Å². The molecule has 0 N–H and O–H groups in total. The molecule has 23 heavy (non-hydrogen) atoms. The zero-order valence-electron chi connectivity index (χ0n) is 12.0. The van der Waals surface area contributed by atoms with E-state index >= 15 is 0 Å². The molecular formula is C15H12ClF3N4. The maximum atomic E-state index is 12.9. The topological polar surface area (TPSA) is 35.6 Å². The Balaban J connectivity index is 1.90. The van der Waals surface area contributed by atoms with Gasteiger partial charge in [-0.25, -0.2) is 9.97 Å². The lowest BCUT2D eigenvalue weighted by molar-refractivity contribution is -0.137. The lowest BCUT2D eigenvalue weighted by atomic mass is 10.2. The average molecular weight is 341 g/mol. The van der Waals surface area contributed by atoms with Gasteiger partial charge in [0.2, 0.25) is 0 Å². The molecule has 0 fully saturated rings. The van der Waals surface area contributed by atoms with Crippen LogP contribution in [0.3, 0.4) is 0 Å². The van der Waals surface area contributed by atoms with Crippen molar-refractivity contribution >= 4 is 11.6 Å². The Morgan fingerprint density at radius 3 is 2.65 bits per heavy atom. The number of benzene rings is 1. The molecule has 0 amide bonds. The van der Waals surface area contributed by atoms with E-state index in [0.29, 0.717) is 12.2 Å². The van der Waals surface area contributed by atoms with Crippen LogP contribution in [0.1, 0.15) is 17.1 Å². The third kappa shape index (κ3) is 3.24. The summed E-state index contributed by atoms with van der Waals surface area (Å²) < 4.78 is 42.2. The van der Waals surface area contributed by atoms with Crippen LogP contribution in [-0.2, 0) is 12.7 Å². The highest BCUT2D eigenvalue weighted by Gasteiger charge is 2.33. The molecule has 4 nitrogen and oxygen atoms in total. The first-order valence-corrected chi connectivity index (χ1v) is 7.10. The van der Waals surface area contributed by atoms with Gasteiger partial charge in [0.15, 0.2) is 0 Å². The number of aryl methyl sites for hydroxylation is 1. The normalized spacial score (nSPS) is 11.9. The Kier molecular flexibility index (Phi) is 3.89. The molecule has 0 radical (unpaired) electrons. The highest BCUT2D eigenvalue weighted by Crippen LogP contribution is 2.35. The van der Waals surface area contributed by atoms with Gasteiger partial charge in [-0.1, -0.05) is 11.6 Å². The molecule has 0 aliphatic carbocycles. The van der Waals surface area contributed by atoms with Crippen LogP contribution in [0.2, 0.25) is 5.02 Å². The van der Waals surface area contributed by atoms with Crippen LogP contribution in [0.4, 0.5) is 13.2 Å². The molecule has 3 rings (SSSR count). The van der Waals surface area contributed by atoms with E-state index in [9.17, 15) is 13.2 Å². The van der Waals surface area contributed by atoms with Crippen molar-refractivity contribution in [2.24, 2.45) is 0 Å². The summed E-state index contributed by atoms with van der Waals surface area (Å²) in [5.74, 6) is 0.838. The standard InChI is InChI=1S/C15H12ClF3N4/c1-10-20-4-5-22(10)7-11-8-23(9-21-11)12-2-3-14(16)13(6-12)15(17,18)19/h2-6,8-9H,7H2,1H3. The Bertz CT molecular complexity index is 835. The average Bonchev–Trinajstić information content (AvgIpc) is 3.09. The number of alkyl halides is 3. The Morgan fingerprint density at radius 1 is 1.22 bits per heavy atom. The van der Waals surface area contributed by atoms with Crippen molar-refractivity contribution in [2.45, 2.75) is 19.6 Å². The van der Waals surface area contributed by atoms with Gasteiger partial charge in [0.1, 0.15) is 5.82 Å². The number of hydrogen-bond acceptors (Lipinski definition) is 2. The number of halogens is 4. The maximum Gasteiger partial charge on any atom is 0.417 e. The number of rotatable bonds is 3. The minimum absolute atomic E-state index is 0.323. The summed E-state index contributed by atoms with van der Waals surface area (Å²) in [5, 5.41) is -0.323. The molecule has 0 unspecified atom stereocenters. The minimum Gasteiger partial charge on any atom is -0.329 e. The predicted molar refractivity (Wildman–Crippen MR) is 79.6 cm³/mol. The van der Waals surface area contributed by atoms with Crippen LogP contribution in [0.25, 0.3) is 5.69 Å². The third-order valence-corrected chi connectivity index (χ3v) is 3.78. The molecule has 2 heterocycles. The molecule has 1 aromatic carbocycles. The fourth-order valence-corrected chi connectivity index (χ4v) is 2.45. The van der Waals surface area contributed by atoms with Crippen LogP contribution in [-0.4, -0.2) is 19.1 Å². The van der Waals surface area contributed by atoms with Crippen LogP contribution in [0.5, 0.6) is 0 Å². The molecule has 0 aliphatic heterocycles. The van der Waals surface area contributed by atoms with Gasteiger partial charge in [0, 0.05) is 24.3 Å². The lowest BCUT2D eigenvalue weighted by Gasteiger charge is -2.11.